The lowest BCUT2D eigenvalue weighted by atomic mass is 9.94. The fourth-order valence-corrected chi connectivity index (χ4v) is 2.89. The molecule has 0 aromatic carbocycles. The second-order valence-corrected chi connectivity index (χ2v) is 4.27. The minimum absolute atomic E-state index is 0.315. The molecule has 76 valence electrons. The van der Waals surface area contributed by atoms with Crippen LogP contribution in [-0.2, 0) is 9.47 Å². The van der Waals surface area contributed by atoms with Gasteiger partial charge in [0, 0.05) is 26.3 Å². The zero-order valence-electron chi connectivity index (χ0n) is 8.58. The van der Waals surface area contributed by atoms with Crippen LogP contribution in [-0.4, -0.2) is 50.5 Å². The summed E-state index contributed by atoms with van der Waals surface area (Å²) in [6.07, 6.45) is 4.17. The summed E-state index contributed by atoms with van der Waals surface area (Å²) in [4.78, 5) is 2.55. The molecule has 0 spiro atoms. The van der Waals surface area contributed by atoms with Crippen molar-refractivity contribution in [3.8, 4) is 0 Å². The van der Waals surface area contributed by atoms with Crippen molar-refractivity contribution < 1.29 is 9.47 Å². The zero-order chi connectivity index (χ0) is 9.31. The van der Waals surface area contributed by atoms with Crippen LogP contribution in [0.25, 0.3) is 0 Å². The predicted molar refractivity (Wildman–Crippen MR) is 50.8 cm³/mol. The van der Waals surface area contributed by atoms with Crippen molar-refractivity contribution in [2.75, 3.05) is 33.9 Å². The van der Waals surface area contributed by atoms with E-state index in [2.05, 4.69) is 4.90 Å². The molecule has 0 amide bonds. The van der Waals surface area contributed by atoms with E-state index in [9.17, 15) is 0 Å². The van der Waals surface area contributed by atoms with Gasteiger partial charge in [-0.1, -0.05) is 0 Å². The number of ether oxygens (including phenoxy) is 2. The molecule has 2 fully saturated rings. The molecule has 0 saturated carbocycles. The normalized spacial score (nSPS) is 39.7. The van der Waals surface area contributed by atoms with E-state index in [1.54, 1.807) is 7.11 Å². The number of hydrogen-bond donors (Lipinski definition) is 0. The second-order valence-electron chi connectivity index (χ2n) is 4.27. The van der Waals surface area contributed by atoms with Crippen LogP contribution in [0.5, 0.6) is 0 Å². The monoisotopic (exact) mass is 185 g/mol. The molecule has 0 N–H and O–H groups in total. The lowest BCUT2D eigenvalue weighted by Gasteiger charge is -2.30. The van der Waals surface area contributed by atoms with Crippen molar-refractivity contribution in [2.24, 2.45) is 0 Å². The first-order valence-electron chi connectivity index (χ1n) is 5.07. The van der Waals surface area contributed by atoms with Crippen LogP contribution in [0.15, 0.2) is 0 Å². The largest absolute Gasteiger partial charge is 0.383 e. The third kappa shape index (κ3) is 1.49. The van der Waals surface area contributed by atoms with Gasteiger partial charge in [-0.25, -0.2) is 0 Å². The van der Waals surface area contributed by atoms with Gasteiger partial charge in [-0.3, -0.25) is 4.90 Å². The Kier molecular flexibility index (Phi) is 2.58. The maximum atomic E-state index is 5.42. The van der Waals surface area contributed by atoms with Gasteiger partial charge >= 0.3 is 0 Å². The molecule has 2 saturated heterocycles. The first kappa shape index (κ1) is 9.44. The Hall–Kier alpha value is -0.120. The average molecular weight is 185 g/mol. The minimum atomic E-state index is 0.315. The molecule has 2 atom stereocenters. The Morgan fingerprint density at radius 3 is 3.00 bits per heavy atom. The van der Waals surface area contributed by atoms with Gasteiger partial charge in [0.1, 0.15) is 0 Å². The highest BCUT2D eigenvalue weighted by Gasteiger charge is 2.48. The number of fused-ring (bicyclic) bond motifs is 1. The first-order chi connectivity index (χ1) is 6.30. The number of methoxy groups -OCH3 is 2. The topological polar surface area (TPSA) is 21.7 Å². The molecule has 0 bridgehead atoms. The highest BCUT2D eigenvalue weighted by atomic mass is 16.5. The molecule has 3 nitrogen and oxygen atoms in total. The van der Waals surface area contributed by atoms with Gasteiger partial charge in [0.25, 0.3) is 0 Å². The molecule has 2 rings (SSSR count). The van der Waals surface area contributed by atoms with Crippen LogP contribution in [0.2, 0.25) is 0 Å². The number of hydrogen-bond acceptors (Lipinski definition) is 3. The maximum absolute atomic E-state index is 5.42. The highest BCUT2D eigenvalue weighted by Crippen LogP contribution is 2.39. The lowest BCUT2D eigenvalue weighted by Crippen LogP contribution is -2.42. The smallest absolute Gasteiger partial charge is 0.0716 e. The number of nitrogens with zero attached hydrogens (tertiary/aromatic N) is 1. The standard InChI is InChI=1S/C10H19NO2/c1-12-8-10-4-3-5-11(10)7-9(6-10)13-2/h9H,3-8H2,1-2H3/t9-,10-/m1/s1. The van der Waals surface area contributed by atoms with E-state index in [1.807, 2.05) is 7.11 Å². The fourth-order valence-electron chi connectivity index (χ4n) is 2.89. The van der Waals surface area contributed by atoms with Crippen molar-refractivity contribution in [3.05, 3.63) is 0 Å². The Morgan fingerprint density at radius 2 is 2.31 bits per heavy atom. The molecule has 13 heavy (non-hydrogen) atoms. The minimum Gasteiger partial charge on any atom is -0.383 e. The van der Waals surface area contributed by atoms with E-state index in [-0.39, 0.29) is 0 Å². The van der Waals surface area contributed by atoms with Crippen LogP contribution >= 0.6 is 0 Å². The van der Waals surface area contributed by atoms with Gasteiger partial charge in [-0.2, -0.15) is 0 Å². The molecule has 0 aromatic rings. The summed E-state index contributed by atoms with van der Waals surface area (Å²) in [5, 5.41) is 0. The van der Waals surface area contributed by atoms with E-state index in [4.69, 9.17) is 9.47 Å². The van der Waals surface area contributed by atoms with E-state index >= 15 is 0 Å². The van der Waals surface area contributed by atoms with E-state index in [0.29, 0.717) is 11.6 Å². The summed E-state index contributed by atoms with van der Waals surface area (Å²) < 4.78 is 10.7. The maximum Gasteiger partial charge on any atom is 0.0716 e. The van der Waals surface area contributed by atoms with Gasteiger partial charge in [-0.05, 0) is 25.8 Å². The summed E-state index contributed by atoms with van der Waals surface area (Å²) in [7, 11) is 3.61. The van der Waals surface area contributed by atoms with Crippen molar-refractivity contribution >= 4 is 0 Å². The van der Waals surface area contributed by atoms with Gasteiger partial charge in [0.05, 0.1) is 12.7 Å². The average Bonchev–Trinajstić information content (AvgIpc) is 2.60. The fraction of sp³-hybridized carbons (Fsp3) is 1.00. The highest BCUT2D eigenvalue weighted by molar-refractivity contribution is 5.03. The lowest BCUT2D eigenvalue weighted by molar-refractivity contribution is 0.0632. The SMILES string of the molecule is COC[C@]12CCCN1C[C@H](OC)C2. The number of rotatable bonds is 3. The van der Waals surface area contributed by atoms with Gasteiger partial charge in [0.15, 0.2) is 0 Å². The Morgan fingerprint density at radius 1 is 1.46 bits per heavy atom. The van der Waals surface area contributed by atoms with E-state index < -0.39 is 0 Å². The van der Waals surface area contributed by atoms with Gasteiger partial charge < -0.3 is 9.47 Å². The van der Waals surface area contributed by atoms with E-state index in [0.717, 1.165) is 19.6 Å². The Balaban J connectivity index is 2.05. The molecule has 0 aliphatic carbocycles. The second kappa shape index (κ2) is 3.56. The summed E-state index contributed by atoms with van der Waals surface area (Å²) in [5.74, 6) is 0. The van der Waals surface area contributed by atoms with Gasteiger partial charge in [0.2, 0.25) is 0 Å². The molecule has 2 aliphatic rings. The zero-order valence-corrected chi connectivity index (χ0v) is 8.58. The first-order valence-corrected chi connectivity index (χ1v) is 5.07. The molecule has 2 heterocycles. The Bertz CT molecular complexity index is 186. The molecule has 0 radical (unpaired) electrons. The Labute approximate surface area is 80.0 Å². The molecule has 2 aliphatic heterocycles. The van der Waals surface area contributed by atoms with Crippen molar-refractivity contribution in [3.63, 3.8) is 0 Å². The molecule has 0 unspecified atom stereocenters. The van der Waals surface area contributed by atoms with Crippen LogP contribution in [0.3, 0.4) is 0 Å². The van der Waals surface area contributed by atoms with Crippen LogP contribution in [0.1, 0.15) is 19.3 Å². The third-order valence-electron chi connectivity index (χ3n) is 3.52. The summed E-state index contributed by atoms with van der Waals surface area (Å²) >= 11 is 0. The van der Waals surface area contributed by atoms with Gasteiger partial charge in [-0.15, -0.1) is 0 Å². The van der Waals surface area contributed by atoms with Crippen LogP contribution < -0.4 is 0 Å². The van der Waals surface area contributed by atoms with Crippen LogP contribution in [0.4, 0.5) is 0 Å². The van der Waals surface area contributed by atoms with Crippen molar-refractivity contribution in [1.29, 1.82) is 0 Å². The quantitative estimate of drug-likeness (QED) is 0.651. The van der Waals surface area contributed by atoms with Crippen LogP contribution in [0, 0.1) is 0 Å². The molecular weight excluding hydrogens is 166 g/mol. The molecule has 0 aromatic heterocycles. The molecular formula is C10H19NO2. The third-order valence-corrected chi connectivity index (χ3v) is 3.52. The predicted octanol–water partition coefficient (Wildman–Crippen LogP) is 0.886. The van der Waals surface area contributed by atoms with E-state index in [1.165, 1.54) is 19.4 Å². The molecule has 3 heteroatoms. The van der Waals surface area contributed by atoms with Crippen molar-refractivity contribution in [1.82, 2.24) is 4.90 Å². The summed E-state index contributed by atoms with van der Waals surface area (Å²) in [6, 6.07) is 0. The summed E-state index contributed by atoms with van der Waals surface area (Å²) in [5.41, 5.74) is 0.315. The summed E-state index contributed by atoms with van der Waals surface area (Å²) in [6.45, 7) is 3.19. The van der Waals surface area contributed by atoms with Crippen molar-refractivity contribution in [2.45, 2.75) is 30.9 Å².